The molecule has 3 heterocycles. The number of likely N-dealkylation sites (N-methyl/N-ethyl adjacent to an activating group) is 2. The zero-order chi connectivity index (χ0) is 23.8. The van der Waals surface area contributed by atoms with Crippen LogP contribution in [0.2, 0.25) is 0 Å². The summed E-state index contributed by atoms with van der Waals surface area (Å²) in [5.74, 6) is 2.13. The predicted molar refractivity (Wildman–Crippen MR) is 133 cm³/mol. The number of fused-ring (bicyclic) bond motifs is 2. The van der Waals surface area contributed by atoms with Crippen LogP contribution in [0.25, 0.3) is 0 Å². The smallest absolute Gasteiger partial charge is 0.280 e. The first-order chi connectivity index (χ1) is 16.5. The summed E-state index contributed by atoms with van der Waals surface area (Å²) < 4.78 is 5.77. The molecule has 0 aliphatic carbocycles. The van der Waals surface area contributed by atoms with Crippen LogP contribution in [0.5, 0.6) is 5.75 Å². The monoisotopic (exact) mass is 459 g/mol. The topological polar surface area (TPSA) is 74.4 Å². The van der Waals surface area contributed by atoms with Crippen molar-refractivity contribution in [1.82, 2.24) is 14.7 Å². The molecule has 1 unspecified atom stereocenters. The fraction of sp³-hybridized carbons (Fsp3) is 0.407. The van der Waals surface area contributed by atoms with Crippen molar-refractivity contribution in [1.29, 1.82) is 0 Å². The number of guanidine groups is 1. The van der Waals surface area contributed by atoms with E-state index in [-0.39, 0.29) is 11.9 Å². The molecule has 178 valence electrons. The number of carbonyl (C=O) groups excluding carboxylic acids is 1. The SMILES string of the molecule is CCN(Cc1cc(C)c2c(c1)CCO2)C1=C(N)N2CC(Cc3ccccc3)N=C2N(CC)C1=O. The fourth-order valence-electron chi connectivity index (χ4n) is 5.27. The molecule has 0 saturated carbocycles. The number of benzene rings is 2. The van der Waals surface area contributed by atoms with E-state index in [4.69, 9.17) is 15.5 Å². The Balaban J connectivity index is 1.43. The van der Waals surface area contributed by atoms with Gasteiger partial charge in [0.2, 0.25) is 5.96 Å². The van der Waals surface area contributed by atoms with E-state index in [2.05, 4.69) is 43.0 Å². The molecule has 2 aromatic rings. The Hall–Kier alpha value is -3.48. The summed E-state index contributed by atoms with van der Waals surface area (Å²) >= 11 is 0. The van der Waals surface area contributed by atoms with Gasteiger partial charge in [0.25, 0.3) is 5.91 Å². The second kappa shape index (κ2) is 9.05. The van der Waals surface area contributed by atoms with Gasteiger partial charge >= 0.3 is 0 Å². The Bertz CT molecular complexity index is 1160. The van der Waals surface area contributed by atoms with Crippen molar-refractivity contribution >= 4 is 11.9 Å². The van der Waals surface area contributed by atoms with Crippen LogP contribution in [0.1, 0.15) is 36.1 Å². The van der Waals surface area contributed by atoms with Crippen molar-refractivity contribution in [3.8, 4) is 5.75 Å². The van der Waals surface area contributed by atoms with Gasteiger partial charge in [-0.3, -0.25) is 14.6 Å². The Morgan fingerprint density at radius 3 is 2.71 bits per heavy atom. The highest BCUT2D eigenvalue weighted by atomic mass is 16.5. The van der Waals surface area contributed by atoms with E-state index in [0.29, 0.717) is 43.7 Å². The maximum atomic E-state index is 13.6. The number of hydrogen-bond acceptors (Lipinski definition) is 6. The van der Waals surface area contributed by atoms with Crippen LogP contribution in [-0.4, -0.2) is 58.8 Å². The summed E-state index contributed by atoms with van der Waals surface area (Å²) in [6.07, 6.45) is 1.75. The molecular weight excluding hydrogens is 426 g/mol. The highest BCUT2D eigenvalue weighted by Gasteiger charge is 2.41. The molecule has 0 spiro atoms. The first-order valence-corrected chi connectivity index (χ1v) is 12.2. The highest BCUT2D eigenvalue weighted by molar-refractivity contribution is 6.09. The third-order valence-corrected chi connectivity index (χ3v) is 6.89. The van der Waals surface area contributed by atoms with E-state index < -0.39 is 0 Å². The van der Waals surface area contributed by atoms with E-state index in [9.17, 15) is 4.79 Å². The molecular formula is C27H33N5O2. The maximum Gasteiger partial charge on any atom is 0.280 e. The number of ether oxygens (including phenoxy) is 1. The molecule has 0 aromatic heterocycles. The number of carbonyl (C=O) groups is 1. The lowest BCUT2D eigenvalue weighted by atomic mass is 10.0. The molecule has 7 heteroatoms. The van der Waals surface area contributed by atoms with Crippen LogP contribution < -0.4 is 10.5 Å². The van der Waals surface area contributed by atoms with Gasteiger partial charge in [-0.15, -0.1) is 0 Å². The first-order valence-electron chi connectivity index (χ1n) is 12.2. The molecule has 0 saturated heterocycles. The van der Waals surface area contributed by atoms with Gasteiger partial charge in [0.1, 0.15) is 17.3 Å². The quantitative estimate of drug-likeness (QED) is 0.689. The van der Waals surface area contributed by atoms with E-state index in [0.717, 1.165) is 30.8 Å². The molecule has 3 aliphatic heterocycles. The van der Waals surface area contributed by atoms with Crippen molar-refractivity contribution in [2.24, 2.45) is 10.7 Å². The standard InChI is InChI=1S/C27H33N5O2/c1-4-30(16-20-13-18(3)24-21(14-20)11-12-34-24)23-25(28)32-17-22(15-19-9-7-6-8-10-19)29-27(32)31(5-2)26(23)33/h6-10,13-14,22H,4-5,11-12,15-17,28H2,1-3H3. The van der Waals surface area contributed by atoms with Crippen molar-refractivity contribution in [3.63, 3.8) is 0 Å². The first kappa shape index (κ1) is 22.3. The molecule has 34 heavy (non-hydrogen) atoms. The Morgan fingerprint density at radius 1 is 1.18 bits per heavy atom. The van der Waals surface area contributed by atoms with Gasteiger partial charge in [-0.2, -0.15) is 0 Å². The lowest BCUT2D eigenvalue weighted by molar-refractivity contribution is -0.126. The van der Waals surface area contributed by atoms with E-state index in [1.165, 1.54) is 16.7 Å². The lowest BCUT2D eigenvalue weighted by Gasteiger charge is -2.39. The van der Waals surface area contributed by atoms with Crippen molar-refractivity contribution < 1.29 is 9.53 Å². The van der Waals surface area contributed by atoms with Gasteiger partial charge < -0.3 is 15.4 Å². The molecule has 2 aromatic carbocycles. The van der Waals surface area contributed by atoms with Crippen molar-refractivity contribution in [2.75, 3.05) is 26.2 Å². The summed E-state index contributed by atoms with van der Waals surface area (Å²) in [7, 11) is 0. The Morgan fingerprint density at radius 2 is 1.97 bits per heavy atom. The average molecular weight is 460 g/mol. The minimum absolute atomic E-state index is 0.0617. The minimum Gasteiger partial charge on any atom is -0.493 e. The van der Waals surface area contributed by atoms with Gasteiger partial charge in [0, 0.05) is 26.1 Å². The molecule has 0 radical (unpaired) electrons. The zero-order valence-corrected chi connectivity index (χ0v) is 20.3. The van der Waals surface area contributed by atoms with Gasteiger partial charge in [-0.25, -0.2) is 4.99 Å². The number of aliphatic imine (C=N–C) groups is 1. The maximum absolute atomic E-state index is 13.6. The molecule has 5 rings (SSSR count). The van der Waals surface area contributed by atoms with E-state index in [1.54, 1.807) is 4.90 Å². The summed E-state index contributed by atoms with van der Waals surface area (Å²) in [5.41, 5.74) is 12.1. The highest BCUT2D eigenvalue weighted by Crippen LogP contribution is 2.32. The fourth-order valence-corrected chi connectivity index (χ4v) is 5.27. The third-order valence-electron chi connectivity index (χ3n) is 6.89. The number of aryl methyl sites for hydroxylation is 1. The van der Waals surface area contributed by atoms with Crippen LogP contribution in [0.15, 0.2) is 59.0 Å². The predicted octanol–water partition coefficient (Wildman–Crippen LogP) is 3.02. The van der Waals surface area contributed by atoms with Gasteiger partial charge in [-0.1, -0.05) is 42.5 Å². The Kier molecular flexibility index (Phi) is 5.94. The third kappa shape index (κ3) is 3.89. The second-order valence-electron chi connectivity index (χ2n) is 9.18. The lowest BCUT2D eigenvalue weighted by Crippen LogP contribution is -2.55. The molecule has 2 N–H and O–H groups in total. The zero-order valence-electron chi connectivity index (χ0n) is 20.3. The van der Waals surface area contributed by atoms with Gasteiger partial charge in [0.05, 0.1) is 19.2 Å². The number of rotatable bonds is 7. The van der Waals surface area contributed by atoms with E-state index >= 15 is 0 Å². The molecule has 1 amide bonds. The van der Waals surface area contributed by atoms with Crippen LogP contribution in [0, 0.1) is 6.92 Å². The normalized spacial score (nSPS) is 19.2. The minimum atomic E-state index is -0.0709. The van der Waals surface area contributed by atoms with Crippen LogP contribution in [0.3, 0.4) is 0 Å². The van der Waals surface area contributed by atoms with Crippen LogP contribution in [-0.2, 0) is 24.2 Å². The van der Waals surface area contributed by atoms with Gasteiger partial charge in [0.15, 0.2) is 0 Å². The molecule has 0 bridgehead atoms. The number of nitrogens with zero attached hydrogens (tertiary/aromatic N) is 4. The summed E-state index contributed by atoms with van der Waals surface area (Å²) in [4.78, 5) is 24.4. The van der Waals surface area contributed by atoms with Crippen LogP contribution in [0.4, 0.5) is 0 Å². The molecule has 3 aliphatic rings. The molecule has 0 fully saturated rings. The van der Waals surface area contributed by atoms with Crippen molar-refractivity contribution in [2.45, 2.75) is 46.2 Å². The number of amides is 1. The largest absolute Gasteiger partial charge is 0.493 e. The van der Waals surface area contributed by atoms with Gasteiger partial charge in [-0.05, 0) is 49.4 Å². The average Bonchev–Trinajstić information content (AvgIpc) is 3.47. The number of hydrogen-bond donors (Lipinski definition) is 1. The summed E-state index contributed by atoms with van der Waals surface area (Å²) in [5, 5.41) is 0. The summed E-state index contributed by atoms with van der Waals surface area (Å²) in [6.45, 7) is 9.41. The van der Waals surface area contributed by atoms with Crippen LogP contribution >= 0.6 is 0 Å². The second-order valence-corrected chi connectivity index (χ2v) is 9.18. The van der Waals surface area contributed by atoms with E-state index in [1.807, 2.05) is 30.0 Å². The molecule has 7 nitrogen and oxygen atoms in total. The summed E-state index contributed by atoms with van der Waals surface area (Å²) in [6, 6.07) is 14.8. The molecule has 1 atom stereocenters. The number of nitrogens with two attached hydrogens (primary N) is 1. The Labute approximate surface area is 201 Å². The van der Waals surface area contributed by atoms with Crippen molar-refractivity contribution in [3.05, 3.63) is 76.2 Å².